The largest absolute Gasteiger partial charge is 0.544 e. The lowest BCUT2D eigenvalue weighted by atomic mass is 10.1. The Labute approximate surface area is 379 Å². The first kappa shape index (κ1) is 58.2. The summed E-state index contributed by atoms with van der Waals surface area (Å²) in [5.41, 5.74) is 0. The average Bonchev–Trinajstić information content (AvgIpc) is 3.23. The number of hydrogen-bond acceptors (Lipinski definition) is 7. The number of carbonyl (C=O) groups is 3. The van der Waals surface area contributed by atoms with Gasteiger partial charge in [0.2, 0.25) is 0 Å². The minimum Gasteiger partial charge on any atom is -0.544 e. The Morgan fingerprint density at radius 2 is 0.968 bits per heavy atom. The van der Waals surface area contributed by atoms with Gasteiger partial charge in [-0.15, -0.1) is 0 Å². The summed E-state index contributed by atoms with van der Waals surface area (Å²) in [6.07, 6.45) is 58.5. The summed E-state index contributed by atoms with van der Waals surface area (Å²) in [4.78, 5) is 37.0. The molecule has 0 rings (SSSR count). The zero-order valence-corrected chi connectivity index (χ0v) is 40.0. The van der Waals surface area contributed by atoms with E-state index in [0.29, 0.717) is 12.8 Å². The fourth-order valence-electron chi connectivity index (χ4n) is 6.54. The highest BCUT2D eigenvalue weighted by atomic mass is 16.6. The van der Waals surface area contributed by atoms with Gasteiger partial charge in [-0.1, -0.05) is 175 Å². The lowest BCUT2D eigenvalue weighted by Gasteiger charge is -2.34. The smallest absolute Gasteiger partial charge is 0.306 e. The molecular weight excluding hydrogens is 775 g/mol. The second-order valence-corrected chi connectivity index (χ2v) is 17.1. The van der Waals surface area contributed by atoms with Crippen LogP contribution in [0.5, 0.6) is 0 Å². The van der Waals surface area contributed by atoms with Crippen molar-refractivity contribution in [3.8, 4) is 0 Å². The van der Waals surface area contributed by atoms with E-state index >= 15 is 0 Å². The molecular formula is C54H89NO7. The molecule has 0 bridgehead atoms. The van der Waals surface area contributed by atoms with Crippen LogP contribution in [-0.2, 0) is 28.6 Å². The number of likely N-dealkylation sites (N-methyl/N-ethyl adjacent to an activating group) is 1. The summed E-state index contributed by atoms with van der Waals surface area (Å²) < 4.78 is 17.2. The van der Waals surface area contributed by atoms with Gasteiger partial charge in [0.15, 0.2) is 6.10 Å². The third-order valence-electron chi connectivity index (χ3n) is 10.3. The van der Waals surface area contributed by atoms with Gasteiger partial charge in [-0.2, -0.15) is 0 Å². The van der Waals surface area contributed by atoms with Gasteiger partial charge in [0.25, 0.3) is 0 Å². The predicted molar refractivity (Wildman–Crippen MR) is 258 cm³/mol. The number of hydrogen-bond donors (Lipinski definition) is 0. The summed E-state index contributed by atoms with van der Waals surface area (Å²) >= 11 is 0. The molecule has 62 heavy (non-hydrogen) atoms. The minimum atomic E-state index is -1.13. The number of carbonyl (C=O) groups excluding carboxylic acids is 3. The van der Waals surface area contributed by atoms with E-state index in [1.807, 2.05) is 6.08 Å². The number of rotatable bonds is 42. The van der Waals surface area contributed by atoms with Crippen LogP contribution in [-0.4, -0.2) is 75.5 Å². The highest BCUT2D eigenvalue weighted by Crippen LogP contribution is 2.13. The SMILES string of the molecule is CC/C=C/C/C=C/C/C=C/C/C=C/CCCCCCCCCC(=O)OC(COCCC(C(=O)[O-])[N+](C)(C)C)COC(=O)CCCCCCC/C=C/C=C/C=C/C=C/CCCCC. The number of carboxylic acid groups (broad SMARTS) is 1. The van der Waals surface area contributed by atoms with Gasteiger partial charge in [-0.3, -0.25) is 9.59 Å². The van der Waals surface area contributed by atoms with Crippen LogP contribution in [0.2, 0.25) is 0 Å². The molecule has 2 atom stereocenters. The topological polar surface area (TPSA) is 102 Å². The Kier molecular flexibility index (Phi) is 41.2. The maximum atomic E-state index is 12.8. The van der Waals surface area contributed by atoms with E-state index in [4.69, 9.17) is 14.2 Å². The second kappa shape index (κ2) is 43.9. The molecule has 8 heteroatoms. The van der Waals surface area contributed by atoms with E-state index in [1.54, 1.807) is 21.1 Å². The molecule has 0 heterocycles. The van der Waals surface area contributed by atoms with Crippen LogP contribution in [0.25, 0.3) is 0 Å². The van der Waals surface area contributed by atoms with Crippen molar-refractivity contribution in [3.63, 3.8) is 0 Å². The van der Waals surface area contributed by atoms with Crippen LogP contribution in [0.4, 0.5) is 0 Å². The van der Waals surface area contributed by atoms with Crippen LogP contribution in [0.1, 0.15) is 174 Å². The number of ether oxygens (including phenoxy) is 3. The molecule has 0 aromatic rings. The van der Waals surface area contributed by atoms with E-state index in [2.05, 4.69) is 105 Å². The average molecular weight is 864 g/mol. The predicted octanol–water partition coefficient (Wildman–Crippen LogP) is 12.5. The molecule has 0 aromatic carbocycles. The minimum absolute atomic E-state index is 0.0221. The summed E-state index contributed by atoms with van der Waals surface area (Å²) in [5.74, 6) is -1.79. The summed E-state index contributed by atoms with van der Waals surface area (Å²) in [6, 6.07) is -0.738. The van der Waals surface area contributed by atoms with Crippen molar-refractivity contribution in [1.29, 1.82) is 0 Å². The van der Waals surface area contributed by atoms with Crippen LogP contribution in [0.3, 0.4) is 0 Å². The van der Waals surface area contributed by atoms with Crippen LogP contribution >= 0.6 is 0 Å². The van der Waals surface area contributed by atoms with Gasteiger partial charge in [-0.25, -0.2) is 0 Å². The molecule has 0 aliphatic carbocycles. The number of allylic oxidation sites excluding steroid dienone is 16. The van der Waals surface area contributed by atoms with Gasteiger partial charge in [0.05, 0.1) is 40.3 Å². The molecule has 352 valence electrons. The monoisotopic (exact) mass is 864 g/mol. The Hall–Kier alpha value is -3.75. The van der Waals surface area contributed by atoms with Crippen molar-refractivity contribution in [2.45, 2.75) is 187 Å². The number of unbranched alkanes of at least 4 members (excludes halogenated alkanes) is 15. The van der Waals surface area contributed by atoms with Crippen LogP contribution in [0, 0.1) is 0 Å². The van der Waals surface area contributed by atoms with Gasteiger partial charge in [0, 0.05) is 19.3 Å². The Bertz CT molecular complexity index is 1330. The van der Waals surface area contributed by atoms with Crippen molar-refractivity contribution in [2.24, 2.45) is 0 Å². The number of esters is 2. The van der Waals surface area contributed by atoms with E-state index < -0.39 is 18.1 Å². The Morgan fingerprint density at radius 1 is 0.516 bits per heavy atom. The standard InChI is InChI=1S/C54H89NO7/c1-6-8-10-12-14-16-18-20-22-24-26-27-29-31-33-35-37-39-41-43-45-53(57)62-50(48-60-47-46-51(54(58)59)55(3,4)5)49-61-52(56)44-42-40-38-36-34-32-30-28-25-23-21-19-17-15-13-11-9-7-2/h8,10,14-17,19-23,25-28,30,50-51H,6-7,9,11-13,18,24,29,31-49H2,1-5H3/b10-8+,16-14+,17-15+,21-19+,22-20+,25-23+,27-26+,30-28+. The van der Waals surface area contributed by atoms with Crippen molar-refractivity contribution < 1.29 is 38.2 Å². The first-order valence-electron chi connectivity index (χ1n) is 24.3. The Balaban J connectivity index is 4.38. The summed E-state index contributed by atoms with van der Waals surface area (Å²) in [6.45, 7) is 4.46. The van der Waals surface area contributed by atoms with Crippen LogP contribution < -0.4 is 5.11 Å². The van der Waals surface area contributed by atoms with E-state index in [1.165, 1.54) is 38.5 Å². The number of nitrogens with zero attached hydrogens (tertiary/aromatic N) is 1. The first-order chi connectivity index (χ1) is 30.1. The van der Waals surface area contributed by atoms with Gasteiger partial charge >= 0.3 is 11.9 Å². The molecule has 0 saturated heterocycles. The molecule has 0 saturated carbocycles. The van der Waals surface area contributed by atoms with E-state index in [-0.39, 0.29) is 42.7 Å². The Morgan fingerprint density at radius 3 is 1.48 bits per heavy atom. The molecule has 0 fully saturated rings. The van der Waals surface area contributed by atoms with E-state index in [0.717, 1.165) is 103 Å². The molecule has 0 amide bonds. The molecule has 0 aliphatic heterocycles. The number of carboxylic acids is 1. The molecule has 0 N–H and O–H groups in total. The fraction of sp³-hybridized carbons (Fsp3) is 0.648. The fourth-order valence-corrected chi connectivity index (χ4v) is 6.54. The molecule has 0 radical (unpaired) electrons. The van der Waals surface area contributed by atoms with E-state index in [9.17, 15) is 19.5 Å². The van der Waals surface area contributed by atoms with Crippen molar-refractivity contribution in [1.82, 2.24) is 0 Å². The number of quaternary nitrogens is 1. The summed E-state index contributed by atoms with van der Waals surface area (Å²) in [5, 5.41) is 11.7. The maximum absolute atomic E-state index is 12.8. The highest BCUT2D eigenvalue weighted by Gasteiger charge is 2.25. The quantitative estimate of drug-likeness (QED) is 0.0198. The molecule has 0 aliphatic rings. The normalized spacial score (nSPS) is 13.8. The highest BCUT2D eigenvalue weighted by molar-refractivity contribution is 5.70. The first-order valence-corrected chi connectivity index (χ1v) is 24.3. The third-order valence-corrected chi connectivity index (χ3v) is 10.3. The van der Waals surface area contributed by atoms with Crippen molar-refractivity contribution in [3.05, 3.63) is 97.2 Å². The second-order valence-electron chi connectivity index (χ2n) is 17.1. The number of aliphatic carboxylic acids is 1. The van der Waals surface area contributed by atoms with Crippen molar-refractivity contribution >= 4 is 17.9 Å². The lowest BCUT2D eigenvalue weighted by Crippen LogP contribution is -2.55. The summed E-state index contributed by atoms with van der Waals surface area (Å²) in [7, 11) is 5.39. The van der Waals surface area contributed by atoms with Gasteiger partial charge < -0.3 is 28.6 Å². The molecule has 8 nitrogen and oxygen atoms in total. The zero-order chi connectivity index (χ0) is 45.6. The molecule has 0 aromatic heterocycles. The third kappa shape index (κ3) is 41.6. The van der Waals surface area contributed by atoms with Crippen molar-refractivity contribution in [2.75, 3.05) is 41.0 Å². The molecule has 2 unspecified atom stereocenters. The van der Waals surface area contributed by atoms with Gasteiger partial charge in [0.1, 0.15) is 12.6 Å². The lowest BCUT2D eigenvalue weighted by molar-refractivity contribution is -0.889. The zero-order valence-electron chi connectivity index (χ0n) is 40.0. The maximum Gasteiger partial charge on any atom is 0.306 e. The van der Waals surface area contributed by atoms with Crippen LogP contribution in [0.15, 0.2) is 97.2 Å². The molecule has 0 spiro atoms. The van der Waals surface area contributed by atoms with Gasteiger partial charge in [-0.05, 0) is 77.0 Å².